The van der Waals surface area contributed by atoms with Crippen LogP contribution < -0.4 is 4.74 Å². The average molecular weight is 351 g/mol. The standard InChI is InChI=1S/C16H21N3O4S/c1-17-14-5-4-13(23-2)10-12(14)11-15(17)16(20)18-6-8-19(9-7-18)24(3,21)22/h4-5,10-11H,6-9H2,1-3H3. The number of aryl methyl sites for hydroxylation is 1. The summed E-state index contributed by atoms with van der Waals surface area (Å²) in [7, 11) is 0.265. The predicted octanol–water partition coefficient (Wildman–Crippen LogP) is 0.904. The molecular formula is C16H21N3O4S. The molecule has 1 amide bonds. The van der Waals surface area contributed by atoms with Crippen LogP contribution in [0.5, 0.6) is 5.75 Å². The summed E-state index contributed by atoms with van der Waals surface area (Å²) in [4.78, 5) is 14.5. The van der Waals surface area contributed by atoms with Gasteiger partial charge in [-0.2, -0.15) is 4.31 Å². The predicted molar refractivity (Wildman–Crippen MR) is 91.8 cm³/mol. The van der Waals surface area contributed by atoms with E-state index in [-0.39, 0.29) is 5.91 Å². The van der Waals surface area contributed by atoms with Crippen molar-refractivity contribution in [2.75, 3.05) is 39.5 Å². The second-order valence-electron chi connectivity index (χ2n) is 5.97. The molecule has 0 radical (unpaired) electrons. The van der Waals surface area contributed by atoms with Crippen LogP contribution in [0.15, 0.2) is 24.3 Å². The Labute approximate surface area is 141 Å². The molecule has 1 aromatic heterocycles. The lowest BCUT2D eigenvalue weighted by Crippen LogP contribution is -2.50. The molecule has 1 fully saturated rings. The summed E-state index contributed by atoms with van der Waals surface area (Å²) in [5, 5.41) is 0.940. The van der Waals surface area contributed by atoms with Crippen molar-refractivity contribution in [2.24, 2.45) is 7.05 Å². The van der Waals surface area contributed by atoms with Crippen molar-refractivity contribution >= 4 is 26.8 Å². The molecule has 1 aromatic carbocycles. The summed E-state index contributed by atoms with van der Waals surface area (Å²) in [5.74, 6) is 0.662. The lowest BCUT2D eigenvalue weighted by atomic mass is 10.2. The maximum Gasteiger partial charge on any atom is 0.270 e. The van der Waals surface area contributed by atoms with Crippen LogP contribution in [0, 0.1) is 0 Å². The van der Waals surface area contributed by atoms with Gasteiger partial charge in [-0.15, -0.1) is 0 Å². The smallest absolute Gasteiger partial charge is 0.270 e. The molecule has 0 unspecified atom stereocenters. The summed E-state index contributed by atoms with van der Waals surface area (Å²) >= 11 is 0. The van der Waals surface area contributed by atoms with Gasteiger partial charge in [0.25, 0.3) is 5.91 Å². The molecule has 7 nitrogen and oxygen atoms in total. The Morgan fingerprint density at radius 3 is 2.38 bits per heavy atom. The number of carbonyl (C=O) groups is 1. The molecular weight excluding hydrogens is 330 g/mol. The fourth-order valence-corrected chi connectivity index (χ4v) is 3.87. The van der Waals surface area contributed by atoms with Crippen LogP contribution in [0.4, 0.5) is 0 Å². The van der Waals surface area contributed by atoms with E-state index in [1.54, 1.807) is 12.0 Å². The zero-order chi connectivity index (χ0) is 17.5. The lowest BCUT2D eigenvalue weighted by Gasteiger charge is -2.33. The summed E-state index contributed by atoms with van der Waals surface area (Å²) in [6.45, 7) is 1.47. The first kappa shape index (κ1) is 16.8. The first-order valence-corrected chi connectivity index (χ1v) is 9.54. The molecule has 2 heterocycles. The third-order valence-corrected chi connectivity index (χ3v) is 5.77. The Morgan fingerprint density at radius 1 is 1.12 bits per heavy atom. The first-order chi connectivity index (χ1) is 11.3. The number of fused-ring (bicyclic) bond motifs is 1. The van der Waals surface area contributed by atoms with Crippen LogP contribution in [0.25, 0.3) is 10.9 Å². The number of hydrogen-bond acceptors (Lipinski definition) is 4. The zero-order valence-corrected chi connectivity index (χ0v) is 14.8. The fourth-order valence-electron chi connectivity index (χ4n) is 3.04. The number of hydrogen-bond donors (Lipinski definition) is 0. The van der Waals surface area contributed by atoms with Gasteiger partial charge in [-0.05, 0) is 24.3 Å². The van der Waals surface area contributed by atoms with E-state index in [9.17, 15) is 13.2 Å². The molecule has 0 atom stereocenters. The minimum Gasteiger partial charge on any atom is -0.497 e. The Bertz CT molecular complexity index is 880. The first-order valence-electron chi connectivity index (χ1n) is 7.69. The van der Waals surface area contributed by atoms with Gasteiger partial charge in [0.2, 0.25) is 10.0 Å². The Hall–Kier alpha value is -2.06. The lowest BCUT2D eigenvalue weighted by molar-refractivity contribution is 0.0689. The molecule has 0 N–H and O–H groups in total. The highest BCUT2D eigenvalue weighted by atomic mass is 32.2. The molecule has 24 heavy (non-hydrogen) atoms. The van der Waals surface area contributed by atoms with Gasteiger partial charge in [-0.1, -0.05) is 0 Å². The summed E-state index contributed by atoms with van der Waals surface area (Å²) in [5.41, 5.74) is 1.54. The largest absolute Gasteiger partial charge is 0.497 e. The van der Waals surface area contributed by atoms with Gasteiger partial charge >= 0.3 is 0 Å². The Morgan fingerprint density at radius 2 is 1.79 bits per heavy atom. The van der Waals surface area contributed by atoms with Crippen molar-refractivity contribution in [3.8, 4) is 5.75 Å². The van der Waals surface area contributed by atoms with Crippen LogP contribution in [0.3, 0.4) is 0 Å². The third-order valence-electron chi connectivity index (χ3n) is 4.46. The number of aromatic nitrogens is 1. The molecule has 0 aliphatic carbocycles. The number of rotatable bonds is 3. The maximum absolute atomic E-state index is 12.8. The molecule has 0 saturated carbocycles. The van der Waals surface area contributed by atoms with Crippen LogP contribution in [-0.4, -0.2) is 67.6 Å². The van der Waals surface area contributed by atoms with E-state index in [4.69, 9.17) is 4.74 Å². The number of carbonyl (C=O) groups excluding carboxylic acids is 1. The van der Waals surface area contributed by atoms with Crippen molar-refractivity contribution in [2.45, 2.75) is 0 Å². The monoisotopic (exact) mass is 351 g/mol. The van der Waals surface area contributed by atoms with E-state index in [0.717, 1.165) is 16.7 Å². The van der Waals surface area contributed by atoms with Gasteiger partial charge in [0.05, 0.1) is 13.4 Å². The molecule has 1 saturated heterocycles. The van der Waals surface area contributed by atoms with E-state index in [0.29, 0.717) is 31.9 Å². The van der Waals surface area contributed by atoms with Crippen LogP contribution in [0.2, 0.25) is 0 Å². The number of benzene rings is 1. The van der Waals surface area contributed by atoms with Gasteiger partial charge in [0.1, 0.15) is 11.4 Å². The molecule has 2 aromatic rings. The molecule has 1 aliphatic rings. The number of amides is 1. The average Bonchev–Trinajstić information content (AvgIpc) is 2.89. The van der Waals surface area contributed by atoms with Gasteiger partial charge in [-0.25, -0.2) is 8.42 Å². The van der Waals surface area contributed by atoms with Crippen molar-refractivity contribution in [3.05, 3.63) is 30.0 Å². The minimum absolute atomic E-state index is 0.0826. The molecule has 0 bridgehead atoms. The zero-order valence-electron chi connectivity index (χ0n) is 14.0. The van der Waals surface area contributed by atoms with Crippen molar-refractivity contribution in [3.63, 3.8) is 0 Å². The number of piperazine rings is 1. The molecule has 1 aliphatic heterocycles. The molecule has 130 valence electrons. The summed E-state index contributed by atoms with van der Waals surface area (Å²) in [6, 6.07) is 7.53. The van der Waals surface area contributed by atoms with E-state index >= 15 is 0 Å². The van der Waals surface area contributed by atoms with Gasteiger partial charge in [-0.3, -0.25) is 4.79 Å². The van der Waals surface area contributed by atoms with Crippen molar-refractivity contribution < 1.29 is 17.9 Å². The number of methoxy groups -OCH3 is 1. The summed E-state index contributed by atoms with van der Waals surface area (Å²) < 4.78 is 31.6. The topological polar surface area (TPSA) is 71.8 Å². The summed E-state index contributed by atoms with van der Waals surface area (Å²) in [6.07, 6.45) is 1.20. The van der Waals surface area contributed by atoms with E-state index in [1.807, 2.05) is 35.9 Å². The molecule has 8 heteroatoms. The van der Waals surface area contributed by atoms with Crippen molar-refractivity contribution in [1.82, 2.24) is 13.8 Å². The number of sulfonamides is 1. The third kappa shape index (κ3) is 2.99. The Kier molecular flexibility index (Phi) is 4.27. The number of ether oxygens (including phenoxy) is 1. The Balaban J connectivity index is 1.83. The molecule has 0 spiro atoms. The quantitative estimate of drug-likeness (QED) is 0.824. The maximum atomic E-state index is 12.8. The fraction of sp³-hybridized carbons (Fsp3) is 0.438. The minimum atomic E-state index is -3.20. The van der Waals surface area contributed by atoms with Gasteiger partial charge < -0.3 is 14.2 Å². The second-order valence-corrected chi connectivity index (χ2v) is 7.95. The second kappa shape index (κ2) is 6.10. The van der Waals surface area contributed by atoms with Crippen LogP contribution >= 0.6 is 0 Å². The van der Waals surface area contributed by atoms with E-state index in [1.165, 1.54) is 10.6 Å². The highest BCUT2D eigenvalue weighted by molar-refractivity contribution is 7.88. The highest BCUT2D eigenvalue weighted by Crippen LogP contribution is 2.24. The van der Waals surface area contributed by atoms with Crippen LogP contribution in [0.1, 0.15) is 10.5 Å². The highest BCUT2D eigenvalue weighted by Gasteiger charge is 2.28. The SMILES string of the molecule is COc1ccc2c(c1)cc(C(=O)N1CCN(S(C)(=O)=O)CC1)n2C. The number of nitrogens with zero attached hydrogens (tertiary/aromatic N) is 3. The molecule has 3 rings (SSSR count). The normalized spacial score (nSPS) is 16.5. The van der Waals surface area contributed by atoms with Gasteiger partial charge in [0, 0.05) is 44.1 Å². The van der Waals surface area contributed by atoms with E-state index < -0.39 is 10.0 Å². The van der Waals surface area contributed by atoms with E-state index in [2.05, 4.69) is 0 Å². The van der Waals surface area contributed by atoms with Gasteiger partial charge in [0.15, 0.2) is 0 Å². The van der Waals surface area contributed by atoms with Crippen LogP contribution in [-0.2, 0) is 17.1 Å². The van der Waals surface area contributed by atoms with Crippen molar-refractivity contribution in [1.29, 1.82) is 0 Å².